The number of aromatic nitrogens is 1. The molecule has 1 heterocycles. The summed E-state index contributed by atoms with van der Waals surface area (Å²) in [5.74, 6) is 0.942. The number of nitrogens with zero attached hydrogens (tertiary/aromatic N) is 2. The number of rotatable bonds is 5. The summed E-state index contributed by atoms with van der Waals surface area (Å²) in [6.07, 6.45) is 1.79. The average molecular weight is 197 g/mol. The van der Waals surface area contributed by atoms with Gasteiger partial charge in [-0.15, -0.1) is 0 Å². The predicted octanol–water partition coefficient (Wildman–Crippen LogP) is 1.61. The number of hydrogen-bond donors (Lipinski definition) is 1. The van der Waals surface area contributed by atoms with Gasteiger partial charge in [-0.25, -0.2) is 4.98 Å². The minimum Gasteiger partial charge on any atom is -0.369 e. The number of nitrogens with one attached hydrogen (secondary N) is 1. The van der Waals surface area contributed by atoms with Crippen LogP contribution in [0.15, 0.2) is 24.4 Å². The van der Waals surface area contributed by atoms with E-state index in [9.17, 15) is 0 Å². The highest BCUT2D eigenvalue weighted by molar-refractivity contribution is 7.13. The lowest BCUT2D eigenvalue weighted by atomic mass is 10.4. The van der Waals surface area contributed by atoms with Gasteiger partial charge in [0.25, 0.3) is 0 Å². The Morgan fingerprint density at radius 1 is 1.54 bits per heavy atom. The minimum atomic E-state index is 0.925. The van der Waals surface area contributed by atoms with E-state index in [4.69, 9.17) is 0 Å². The van der Waals surface area contributed by atoms with Gasteiger partial charge >= 0.3 is 0 Å². The van der Waals surface area contributed by atoms with Gasteiger partial charge in [0, 0.05) is 19.3 Å². The molecule has 0 fully saturated rings. The van der Waals surface area contributed by atoms with Crippen molar-refractivity contribution < 1.29 is 0 Å². The molecule has 0 saturated carbocycles. The van der Waals surface area contributed by atoms with Crippen LogP contribution >= 0.6 is 9.39 Å². The molecule has 0 aliphatic carbocycles. The molecule has 0 aromatic carbocycles. The number of likely N-dealkylation sites (N-methyl/N-ethyl adjacent to an activating group) is 1. The first-order chi connectivity index (χ1) is 6.33. The molecular weight excluding hydrogens is 181 g/mol. The lowest BCUT2D eigenvalue weighted by Gasteiger charge is -2.13. The van der Waals surface area contributed by atoms with Crippen LogP contribution in [0.25, 0.3) is 0 Å². The molecule has 0 bridgehead atoms. The molecule has 0 amide bonds. The second-order valence-electron chi connectivity index (χ2n) is 2.77. The fourth-order valence-electron chi connectivity index (χ4n) is 0.953. The maximum Gasteiger partial charge on any atom is 0.125 e. The molecule has 1 aromatic rings. The first-order valence-electron chi connectivity index (χ1n) is 4.47. The highest BCUT2D eigenvalue weighted by Crippen LogP contribution is 2.00. The van der Waals surface area contributed by atoms with Crippen LogP contribution in [0.5, 0.6) is 0 Å². The molecule has 3 nitrogen and oxygen atoms in total. The molecule has 13 heavy (non-hydrogen) atoms. The molecule has 72 valence electrons. The maximum absolute atomic E-state index is 4.16. The number of hydrogen-bond acceptors (Lipinski definition) is 3. The molecule has 1 unspecified atom stereocenters. The van der Waals surface area contributed by atoms with E-state index < -0.39 is 0 Å². The molecule has 0 radical (unpaired) electrons. The van der Waals surface area contributed by atoms with Gasteiger partial charge in [0.15, 0.2) is 0 Å². The highest BCUT2D eigenvalue weighted by atomic mass is 31.0. The Morgan fingerprint density at radius 3 is 3.00 bits per heavy atom. The second-order valence-corrected chi connectivity index (χ2v) is 3.50. The van der Waals surface area contributed by atoms with Gasteiger partial charge in [-0.1, -0.05) is 22.4 Å². The van der Waals surface area contributed by atoms with Crippen LogP contribution in [0.1, 0.15) is 6.92 Å². The summed E-state index contributed by atoms with van der Waals surface area (Å²) < 4.78 is 2.18. The van der Waals surface area contributed by atoms with Crippen molar-refractivity contribution >= 4 is 15.2 Å². The van der Waals surface area contributed by atoms with Gasteiger partial charge in [0.2, 0.25) is 0 Å². The molecule has 1 atom stereocenters. The van der Waals surface area contributed by atoms with Crippen molar-refractivity contribution in [1.29, 1.82) is 0 Å². The fraction of sp³-hybridized carbons (Fsp3) is 0.444. The van der Waals surface area contributed by atoms with E-state index in [0.717, 1.165) is 25.5 Å². The van der Waals surface area contributed by atoms with Crippen LogP contribution in [-0.2, 0) is 0 Å². The van der Waals surface area contributed by atoms with Crippen molar-refractivity contribution in [3.63, 3.8) is 0 Å². The first kappa shape index (κ1) is 10.4. The van der Waals surface area contributed by atoms with Crippen molar-refractivity contribution in [3.8, 4) is 0 Å². The molecule has 1 N–H and O–H groups in total. The Kier molecular flexibility index (Phi) is 4.73. The highest BCUT2D eigenvalue weighted by Gasteiger charge is 1.94. The van der Waals surface area contributed by atoms with Gasteiger partial charge in [-0.2, -0.15) is 0 Å². The summed E-state index contributed by atoms with van der Waals surface area (Å²) in [4.78, 5) is 4.16. The maximum atomic E-state index is 4.16. The molecule has 1 rings (SSSR count). The van der Waals surface area contributed by atoms with Gasteiger partial charge in [-0.3, -0.25) is 4.67 Å². The Balaban J connectivity index is 2.20. The van der Waals surface area contributed by atoms with Crippen LogP contribution in [-0.4, -0.2) is 29.3 Å². The summed E-state index contributed by atoms with van der Waals surface area (Å²) in [5, 5.41) is 3.24. The van der Waals surface area contributed by atoms with Gasteiger partial charge in [0.1, 0.15) is 5.82 Å². The predicted molar refractivity (Wildman–Crippen MR) is 59.7 cm³/mol. The van der Waals surface area contributed by atoms with Gasteiger partial charge in [-0.05, 0) is 18.7 Å². The third-order valence-corrected chi connectivity index (χ3v) is 2.40. The van der Waals surface area contributed by atoms with E-state index in [0.29, 0.717) is 0 Å². The van der Waals surface area contributed by atoms with Crippen molar-refractivity contribution in [2.75, 3.05) is 25.0 Å². The average Bonchev–Trinajstić information content (AvgIpc) is 2.19. The molecular formula is C9H16N3P. The van der Waals surface area contributed by atoms with Gasteiger partial charge in [0.05, 0.1) is 0 Å². The molecule has 0 spiro atoms. The van der Waals surface area contributed by atoms with Crippen molar-refractivity contribution in [1.82, 2.24) is 9.65 Å². The fourth-order valence-corrected chi connectivity index (χ4v) is 1.08. The van der Waals surface area contributed by atoms with E-state index in [1.807, 2.05) is 18.2 Å². The number of pyridine rings is 1. The van der Waals surface area contributed by atoms with Crippen LogP contribution in [0.2, 0.25) is 0 Å². The molecule has 0 aliphatic heterocycles. The number of anilines is 1. The van der Waals surface area contributed by atoms with E-state index in [2.05, 4.69) is 31.3 Å². The zero-order chi connectivity index (χ0) is 9.52. The topological polar surface area (TPSA) is 28.2 Å². The SMILES string of the molecule is CCN(P)CCNc1ccccn1. The van der Waals surface area contributed by atoms with Crippen LogP contribution in [0.4, 0.5) is 5.82 Å². The third-order valence-electron chi connectivity index (χ3n) is 1.78. The van der Waals surface area contributed by atoms with E-state index in [-0.39, 0.29) is 0 Å². The Bertz CT molecular complexity index is 228. The quantitative estimate of drug-likeness (QED) is 0.727. The van der Waals surface area contributed by atoms with Crippen molar-refractivity contribution in [3.05, 3.63) is 24.4 Å². The van der Waals surface area contributed by atoms with Crippen molar-refractivity contribution in [2.45, 2.75) is 6.92 Å². The van der Waals surface area contributed by atoms with E-state index in [1.54, 1.807) is 6.20 Å². The summed E-state index contributed by atoms with van der Waals surface area (Å²) in [5.41, 5.74) is 0. The molecule has 4 heteroatoms. The minimum absolute atomic E-state index is 0.925. The first-order valence-corrected chi connectivity index (χ1v) is 4.99. The Labute approximate surface area is 81.8 Å². The lowest BCUT2D eigenvalue weighted by molar-refractivity contribution is 0.513. The summed E-state index contributed by atoms with van der Waals surface area (Å²) in [6, 6.07) is 5.87. The zero-order valence-corrected chi connectivity index (χ0v) is 9.06. The molecule has 1 aromatic heterocycles. The molecule has 0 saturated heterocycles. The Hall–Kier alpha value is -0.660. The standard InChI is InChI=1S/C9H16N3P/c1-2-12(13)8-7-11-9-5-3-4-6-10-9/h3-6H,2,7-8,13H2,1H3,(H,10,11). The summed E-state index contributed by atoms with van der Waals surface area (Å²) in [7, 11) is 2.69. The van der Waals surface area contributed by atoms with Crippen LogP contribution in [0, 0.1) is 0 Å². The van der Waals surface area contributed by atoms with E-state index in [1.165, 1.54) is 0 Å². The third kappa shape index (κ3) is 4.20. The normalized spacial score (nSPS) is 10.4. The zero-order valence-electron chi connectivity index (χ0n) is 7.90. The monoisotopic (exact) mass is 197 g/mol. The van der Waals surface area contributed by atoms with Crippen LogP contribution in [0.3, 0.4) is 0 Å². The molecule has 0 aliphatic rings. The largest absolute Gasteiger partial charge is 0.369 e. The smallest absolute Gasteiger partial charge is 0.125 e. The van der Waals surface area contributed by atoms with Crippen molar-refractivity contribution in [2.24, 2.45) is 0 Å². The Morgan fingerprint density at radius 2 is 2.38 bits per heavy atom. The van der Waals surface area contributed by atoms with E-state index >= 15 is 0 Å². The lowest BCUT2D eigenvalue weighted by Crippen LogP contribution is -2.19. The summed E-state index contributed by atoms with van der Waals surface area (Å²) >= 11 is 0. The van der Waals surface area contributed by atoms with Crippen LogP contribution < -0.4 is 5.32 Å². The van der Waals surface area contributed by atoms with Gasteiger partial charge < -0.3 is 5.32 Å². The summed E-state index contributed by atoms with van der Waals surface area (Å²) in [6.45, 7) is 5.12. The second kappa shape index (κ2) is 5.90.